The van der Waals surface area contributed by atoms with Gasteiger partial charge in [0.1, 0.15) is 0 Å². The van der Waals surface area contributed by atoms with E-state index in [4.69, 9.17) is 0 Å². The molecule has 0 aromatic carbocycles. The summed E-state index contributed by atoms with van der Waals surface area (Å²) in [5, 5.41) is 8.98. The van der Waals surface area contributed by atoms with E-state index in [2.05, 4.69) is 57.7 Å². The van der Waals surface area contributed by atoms with Crippen molar-refractivity contribution in [3.05, 3.63) is 35.9 Å². The third-order valence-corrected chi connectivity index (χ3v) is 5.04. The van der Waals surface area contributed by atoms with Crippen LogP contribution in [0.5, 0.6) is 0 Å². The fourth-order valence-corrected chi connectivity index (χ4v) is 3.59. The molecule has 1 aliphatic rings. The molecule has 0 aliphatic carbocycles. The van der Waals surface area contributed by atoms with Crippen LogP contribution < -0.4 is 0 Å². The van der Waals surface area contributed by atoms with Gasteiger partial charge in [-0.3, -0.25) is 14.3 Å². The summed E-state index contributed by atoms with van der Waals surface area (Å²) in [6.45, 7) is 13.9. The molecular formula is C18H30N6. The number of nitrogens with zero attached hydrogens (tertiary/aromatic N) is 6. The highest BCUT2D eigenvalue weighted by Gasteiger charge is 2.25. The van der Waals surface area contributed by atoms with Crippen LogP contribution in [0.2, 0.25) is 0 Å². The van der Waals surface area contributed by atoms with Gasteiger partial charge in [-0.05, 0) is 32.5 Å². The standard InChI is InChI=1S/C18H30N6/c1-4-21(5-2)10-8-18-15-22(14-17-7-9-19-24(17)18)12-16-11-20-23(6-3)13-16/h7,9,11,13,18H,4-6,8,10,12,14-15H2,1-3H3/t18-/m1/s1. The van der Waals surface area contributed by atoms with E-state index in [0.717, 1.165) is 52.2 Å². The zero-order valence-electron chi connectivity index (χ0n) is 15.2. The van der Waals surface area contributed by atoms with Crippen LogP contribution in [0.1, 0.15) is 44.5 Å². The van der Waals surface area contributed by atoms with Crippen LogP contribution in [0.3, 0.4) is 0 Å². The molecule has 6 nitrogen and oxygen atoms in total. The lowest BCUT2D eigenvalue weighted by molar-refractivity contribution is 0.150. The Hall–Kier alpha value is -1.66. The van der Waals surface area contributed by atoms with Gasteiger partial charge in [0.25, 0.3) is 0 Å². The van der Waals surface area contributed by atoms with Crippen LogP contribution in [-0.2, 0) is 19.6 Å². The number of fused-ring (bicyclic) bond motifs is 1. The Labute approximate surface area is 145 Å². The van der Waals surface area contributed by atoms with Crippen molar-refractivity contribution in [1.82, 2.24) is 29.4 Å². The number of rotatable bonds is 8. The lowest BCUT2D eigenvalue weighted by Crippen LogP contribution is -2.39. The fourth-order valence-electron chi connectivity index (χ4n) is 3.59. The minimum Gasteiger partial charge on any atom is -0.304 e. The van der Waals surface area contributed by atoms with Crippen molar-refractivity contribution in [1.29, 1.82) is 0 Å². The molecule has 6 heteroatoms. The first kappa shape index (κ1) is 17.2. The van der Waals surface area contributed by atoms with Crippen LogP contribution in [0.4, 0.5) is 0 Å². The monoisotopic (exact) mass is 330 g/mol. The number of aromatic nitrogens is 4. The van der Waals surface area contributed by atoms with E-state index >= 15 is 0 Å². The second-order valence-electron chi connectivity index (χ2n) is 6.61. The summed E-state index contributed by atoms with van der Waals surface area (Å²) in [5.41, 5.74) is 2.63. The highest BCUT2D eigenvalue weighted by molar-refractivity contribution is 5.08. The van der Waals surface area contributed by atoms with E-state index in [1.54, 1.807) is 0 Å². The first-order chi connectivity index (χ1) is 11.7. The van der Waals surface area contributed by atoms with Crippen molar-refractivity contribution in [2.24, 2.45) is 0 Å². The third kappa shape index (κ3) is 3.87. The molecule has 132 valence electrons. The summed E-state index contributed by atoms with van der Waals surface area (Å²) >= 11 is 0. The molecule has 24 heavy (non-hydrogen) atoms. The second kappa shape index (κ2) is 7.94. The van der Waals surface area contributed by atoms with E-state index in [1.807, 2.05) is 17.1 Å². The maximum absolute atomic E-state index is 4.58. The summed E-state index contributed by atoms with van der Waals surface area (Å²) in [4.78, 5) is 5.02. The van der Waals surface area contributed by atoms with E-state index in [1.165, 1.54) is 11.3 Å². The minimum atomic E-state index is 0.463. The zero-order valence-corrected chi connectivity index (χ0v) is 15.2. The molecule has 0 fully saturated rings. The smallest absolute Gasteiger partial charge is 0.0662 e. The van der Waals surface area contributed by atoms with Gasteiger partial charge in [-0.25, -0.2) is 0 Å². The molecule has 1 aliphatic heterocycles. The molecular weight excluding hydrogens is 300 g/mol. The van der Waals surface area contributed by atoms with Gasteiger partial charge in [0.15, 0.2) is 0 Å². The van der Waals surface area contributed by atoms with Gasteiger partial charge in [-0.1, -0.05) is 13.8 Å². The molecule has 2 aromatic rings. The Morgan fingerprint density at radius 2 is 2.04 bits per heavy atom. The van der Waals surface area contributed by atoms with Crippen LogP contribution in [0.25, 0.3) is 0 Å². The van der Waals surface area contributed by atoms with E-state index in [9.17, 15) is 0 Å². The SMILES string of the molecule is CCN(CC)CC[C@@H]1CN(Cc2cnn(CC)c2)Cc2ccnn21. The van der Waals surface area contributed by atoms with E-state index < -0.39 is 0 Å². The van der Waals surface area contributed by atoms with Crippen LogP contribution in [-0.4, -0.2) is 55.5 Å². The molecule has 0 spiro atoms. The predicted octanol–water partition coefficient (Wildman–Crippen LogP) is 2.39. The molecule has 1 atom stereocenters. The number of hydrogen-bond acceptors (Lipinski definition) is 4. The molecule has 2 aromatic heterocycles. The number of aryl methyl sites for hydroxylation is 1. The predicted molar refractivity (Wildman–Crippen MR) is 95.7 cm³/mol. The lowest BCUT2D eigenvalue weighted by Gasteiger charge is -2.34. The van der Waals surface area contributed by atoms with Crippen molar-refractivity contribution in [2.45, 2.75) is 52.9 Å². The van der Waals surface area contributed by atoms with Crippen LogP contribution in [0, 0.1) is 0 Å². The Morgan fingerprint density at radius 3 is 2.75 bits per heavy atom. The largest absolute Gasteiger partial charge is 0.304 e. The van der Waals surface area contributed by atoms with Gasteiger partial charge >= 0.3 is 0 Å². The molecule has 0 saturated carbocycles. The van der Waals surface area contributed by atoms with Crippen molar-refractivity contribution in [2.75, 3.05) is 26.2 Å². The highest BCUT2D eigenvalue weighted by atomic mass is 15.4. The molecule has 0 unspecified atom stereocenters. The van der Waals surface area contributed by atoms with Gasteiger partial charge in [0.05, 0.1) is 17.9 Å². The van der Waals surface area contributed by atoms with Crippen molar-refractivity contribution < 1.29 is 0 Å². The minimum absolute atomic E-state index is 0.463. The van der Waals surface area contributed by atoms with Gasteiger partial charge in [0.2, 0.25) is 0 Å². The first-order valence-electron chi connectivity index (χ1n) is 9.21. The summed E-state index contributed by atoms with van der Waals surface area (Å²) in [5.74, 6) is 0. The molecule has 0 N–H and O–H groups in total. The maximum atomic E-state index is 4.58. The summed E-state index contributed by atoms with van der Waals surface area (Å²) < 4.78 is 4.25. The fraction of sp³-hybridized carbons (Fsp3) is 0.667. The maximum Gasteiger partial charge on any atom is 0.0662 e. The topological polar surface area (TPSA) is 42.1 Å². The average molecular weight is 330 g/mol. The van der Waals surface area contributed by atoms with Gasteiger partial charge < -0.3 is 4.90 Å². The average Bonchev–Trinajstić information content (AvgIpc) is 3.24. The zero-order chi connectivity index (χ0) is 16.9. The quantitative estimate of drug-likeness (QED) is 0.745. The molecule has 0 amide bonds. The van der Waals surface area contributed by atoms with Crippen molar-refractivity contribution in [3.63, 3.8) is 0 Å². The summed E-state index contributed by atoms with van der Waals surface area (Å²) in [7, 11) is 0. The van der Waals surface area contributed by atoms with Gasteiger partial charge in [0, 0.05) is 50.7 Å². The van der Waals surface area contributed by atoms with Crippen molar-refractivity contribution in [3.8, 4) is 0 Å². The molecule has 0 saturated heterocycles. The Kier molecular flexibility index (Phi) is 5.68. The Morgan fingerprint density at radius 1 is 1.21 bits per heavy atom. The highest BCUT2D eigenvalue weighted by Crippen LogP contribution is 2.24. The summed E-state index contributed by atoms with van der Waals surface area (Å²) in [6.07, 6.45) is 7.26. The normalized spacial score (nSPS) is 18.2. The van der Waals surface area contributed by atoms with E-state index in [0.29, 0.717) is 6.04 Å². The first-order valence-corrected chi connectivity index (χ1v) is 9.21. The molecule has 0 bridgehead atoms. The van der Waals surface area contributed by atoms with E-state index in [-0.39, 0.29) is 0 Å². The van der Waals surface area contributed by atoms with Crippen LogP contribution >= 0.6 is 0 Å². The lowest BCUT2D eigenvalue weighted by atomic mass is 10.1. The summed E-state index contributed by atoms with van der Waals surface area (Å²) in [6, 6.07) is 2.62. The molecule has 3 rings (SSSR count). The van der Waals surface area contributed by atoms with Gasteiger partial charge in [-0.15, -0.1) is 0 Å². The third-order valence-electron chi connectivity index (χ3n) is 5.04. The Bertz CT molecular complexity index is 627. The van der Waals surface area contributed by atoms with Crippen molar-refractivity contribution >= 4 is 0 Å². The Balaban J connectivity index is 1.66. The molecule has 0 radical (unpaired) electrons. The van der Waals surface area contributed by atoms with Crippen LogP contribution in [0.15, 0.2) is 24.7 Å². The second-order valence-corrected chi connectivity index (χ2v) is 6.61. The molecule has 3 heterocycles. The number of hydrogen-bond donors (Lipinski definition) is 0. The van der Waals surface area contributed by atoms with Gasteiger partial charge in [-0.2, -0.15) is 10.2 Å².